The lowest BCUT2D eigenvalue weighted by molar-refractivity contribution is -0.122. The van der Waals surface area contributed by atoms with Crippen LogP contribution in [0, 0.1) is 0 Å². The summed E-state index contributed by atoms with van der Waals surface area (Å²) in [5.74, 6) is 0.621. The quantitative estimate of drug-likeness (QED) is 0.0602. The number of carbonyl (C=O) groups excluding carboxylic acids is 2. The van der Waals surface area contributed by atoms with E-state index >= 15 is 0 Å². The van der Waals surface area contributed by atoms with E-state index in [0.717, 1.165) is 51.4 Å². The van der Waals surface area contributed by atoms with E-state index in [4.69, 9.17) is 0 Å². The Labute approximate surface area is 358 Å². The van der Waals surface area contributed by atoms with Crippen molar-refractivity contribution >= 4 is 11.7 Å². The minimum Gasteiger partial charge on any atom is -0.394 e. The summed E-state index contributed by atoms with van der Waals surface area (Å²) >= 11 is 0. The molecular formula is C53H105NO3. The van der Waals surface area contributed by atoms with Gasteiger partial charge >= 0.3 is 0 Å². The van der Waals surface area contributed by atoms with Crippen molar-refractivity contribution < 1.29 is 14.7 Å². The first-order chi connectivity index (χ1) is 28.1. The molecule has 0 saturated carbocycles. The molecule has 0 rings (SSSR count). The lowest BCUT2D eigenvalue weighted by Crippen LogP contribution is -2.37. The molecule has 57 heavy (non-hydrogen) atoms. The van der Waals surface area contributed by atoms with E-state index in [1.54, 1.807) is 0 Å². The summed E-state index contributed by atoms with van der Waals surface area (Å²) in [7, 11) is 0. The van der Waals surface area contributed by atoms with Crippen LogP contribution in [-0.4, -0.2) is 29.4 Å². The molecule has 0 aromatic rings. The zero-order valence-electron chi connectivity index (χ0n) is 39.3. The molecule has 0 aliphatic carbocycles. The minimum atomic E-state index is -0.0689. The molecule has 1 amide bonds. The number of nitrogens with one attached hydrogen (secondary N) is 1. The maximum absolute atomic E-state index is 12.4. The monoisotopic (exact) mass is 804 g/mol. The number of hydrogen-bond donors (Lipinski definition) is 2. The molecule has 0 saturated heterocycles. The maximum Gasteiger partial charge on any atom is 0.220 e. The van der Waals surface area contributed by atoms with Crippen LogP contribution < -0.4 is 5.32 Å². The molecule has 1 atom stereocenters. The van der Waals surface area contributed by atoms with Gasteiger partial charge in [0.05, 0.1) is 12.6 Å². The highest BCUT2D eigenvalue weighted by Crippen LogP contribution is 2.18. The van der Waals surface area contributed by atoms with Gasteiger partial charge in [0.1, 0.15) is 5.78 Å². The van der Waals surface area contributed by atoms with Crippen LogP contribution in [0.15, 0.2) is 0 Å². The number of carbonyl (C=O) groups is 2. The van der Waals surface area contributed by atoms with Crippen molar-refractivity contribution in [2.45, 2.75) is 322 Å². The van der Waals surface area contributed by atoms with Gasteiger partial charge in [-0.1, -0.05) is 271 Å². The third-order valence-corrected chi connectivity index (χ3v) is 12.7. The summed E-state index contributed by atoms with van der Waals surface area (Å²) in [5.41, 5.74) is 0. The third kappa shape index (κ3) is 47.7. The van der Waals surface area contributed by atoms with Gasteiger partial charge in [-0.05, 0) is 25.7 Å². The number of unbranched alkanes of at least 4 members (excludes halogenated alkanes) is 40. The second-order valence-corrected chi connectivity index (χ2v) is 18.5. The van der Waals surface area contributed by atoms with E-state index in [9.17, 15) is 14.7 Å². The number of aliphatic hydroxyl groups excluding tert-OH is 1. The average Bonchev–Trinajstić information content (AvgIpc) is 3.21. The van der Waals surface area contributed by atoms with Gasteiger partial charge < -0.3 is 10.4 Å². The molecule has 0 bridgehead atoms. The Kier molecular flexibility index (Phi) is 48.7. The van der Waals surface area contributed by atoms with Crippen molar-refractivity contribution in [1.29, 1.82) is 0 Å². The van der Waals surface area contributed by atoms with Crippen LogP contribution in [-0.2, 0) is 9.59 Å². The zero-order valence-corrected chi connectivity index (χ0v) is 39.3. The van der Waals surface area contributed by atoms with Gasteiger partial charge in [0.25, 0.3) is 0 Å². The van der Waals surface area contributed by atoms with Gasteiger partial charge in [0.15, 0.2) is 0 Å². The van der Waals surface area contributed by atoms with E-state index in [1.807, 2.05) is 0 Å². The van der Waals surface area contributed by atoms with E-state index in [2.05, 4.69) is 19.2 Å². The van der Waals surface area contributed by atoms with E-state index in [-0.39, 0.29) is 18.6 Å². The van der Waals surface area contributed by atoms with Crippen LogP contribution in [0.1, 0.15) is 316 Å². The van der Waals surface area contributed by atoms with Gasteiger partial charge in [-0.15, -0.1) is 0 Å². The van der Waals surface area contributed by atoms with Crippen LogP contribution in [0.5, 0.6) is 0 Å². The average molecular weight is 804 g/mol. The normalized spacial score (nSPS) is 12.1. The molecule has 0 radical (unpaired) electrons. The van der Waals surface area contributed by atoms with Crippen LogP contribution in [0.4, 0.5) is 0 Å². The van der Waals surface area contributed by atoms with Crippen molar-refractivity contribution in [2.75, 3.05) is 6.61 Å². The molecule has 0 aliphatic rings. The Bertz CT molecular complexity index is 784. The van der Waals surface area contributed by atoms with Gasteiger partial charge in [-0.25, -0.2) is 0 Å². The Morgan fingerprint density at radius 2 is 0.561 bits per heavy atom. The highest BCUT2D eigenvalue weighted by atomic mass is 16.3. The van der Waals surface area contributed by atoms with Crippen molar-refractivity contribution in [3.8, 4) is 0 Å². The lowest BCUT2D eigenvalue weighted by atomic mass is 10.0. The number of aliphatic hydroxyl groups is 1. The first-order valence-electron chi connectivity index (χ1n) is 26.6. The number of Topliss-reactive ketones (excluding diaryl/α,β-unsaturated/α-hetero) is 1. The summed E-state index contributed by atoms with van der Waals surface area (Å²) in [6.45, 7) is 4.64. The third-order valence-electron chi connectivity index (χ3n) is 12.7. The summed E-state index contributed by atoms with van der Waals surface area (Å²) < 4.78 is 0. The Balaban J connectivity index is 3.35. The van der Waals surface area contributed by atoms with Gasteiger partial charge in [-0.2, -0.15) is 0 Å². The van der Waals surface area contributed by atoms with E-state index in [0.29, 0.717) is 12.2 Å². The van der Waals surface area contributed by atoms with Crippen LogP contribution in [0.3, 0.4) is 0 Å². The topological polar surface area (TPSA) is 66.4 Å². The van der Waals surface area contributed by atoms with Crippen molar-refractivity contribution in [2.24, 2.45) is 0 Å². The highest BCUT2D eigenvalue weighted by Gasteiger charge is 2.11. The minimum absolute atomic E-state index is 0.0590. The summed E-state index contributed by atoms with van der Waals surface area (Å²) in [4.78, 5) is 24.7. The molecule has 0 aromatic heterocycles. The highest BCUT2D eigenvalue weighted by molar-refractivity contribution is 5.78. The fraction of sp³-hybridized carbons (Fsp3) is 0.962. The second kappa shape index (κ2) is 49.5. The number of rotatable bonds is 50. The molecular weight excluding hydrogens is 699 g/mol. The van der Waals surface area contributed by atoms with Crippen LogP contribution in [0.2, 0.25) is 0 Å². The van der Waals surface area contributed by atoms with E-state index < -0.39 is 0 Å². The fourth-order valence-electron chi connectivity index (χ4n) is 8.64. The molecule has 0 aromatic carbocycles. The molecule has 1 unspecified atom stereocenters. The molecule has 0 aliphatic heterocycles. The maximum atomic E-state index is 12.4. The van der Waals surface area contributed by atoms with Crippen LogP contribution in [0.25, 0.3) is 0 Å². The SMILES string of the molecule is CCCCCCCCCCCCCCCCCCCC(=O)CCCCCCCCCCCCCCC(=O)NC(CO)CCCCCCCCCCCCCCCC. The predicted molar refractivity (Wildman–Crippen MR) is 252 cm³/mol. The van der Waals surface area contributed by atoms with Crippen molar-refractivity contribution in [3.63, 3.8) is 0 Å². The standard InChI is InChI=1S/C53H105NO3/c1-3-5-7-9-11-13-15-17-19-20-21-23-27-31-35-39-43-47-52(56)48-44-40-36-32-28-24-25-29-33-37-41-45-49-53(57)54-51(50-55)46-42-38-34-30-26-22-18-16-14-12-10-8-6-4-2/h51,55H,3-50H2,1-2H3,(H,54,57). The largest absolute Gasteiger partial charge is 0.394 e. The molecule has 0 fully saturated rings. The van der Waals surface area contributed by atoms with Crippen LogP contribution >= 0.6 is 0 Å². The van der Waals surface area contributed by atoms with Crippen molar-refractivity contribution in [1.82, 2.24) is 5.32 Å². The van der Waals surface area contributed by atoms with E-state index in [1.165, 1.54) is 244 Å². The Morgan fingerprint density at radius 3 is 0.825 bits per heavy atom. The fourth-order valence-corrected chi connectivity index (χ4v) is 8.64. The number of hydrogen-bond acceptors (Lipinski definition) is 3. The van der Waals surface area contributed by atoms with Gasteiger partial charge in [0.2, 0.25) is 5.91 Å². The van der Waals surface area contributed by atoms with Crippen molar-refractivity contribution in [3.05, 3.63) is 0 Å². The number of ketones is 1. The molecule has 4 nitrogen and oxygen atoms in total. The summed E-state index contributed by atoms with van der Waals surface area (Å²) in [6.07, 6.45) is 60.5. The predicted octanol–water partition coefficient (Wildman–Crippen LogP) is 17.4. The van der Waals surface area contributed by atoms with Gasteiger partial charge in [0, 0.05) is 19.3 Å². The number of amides is 1. The molecule has 0 spiro atoms. The summed E-state index contributed by atoms with van der Waals surface area (Å²) in [6, 6.07) is -0.0689. The van der Waals surface area contributed by atoms with Gasteiger partial charge in [-0.3, -0.25) is 9.59 Å². The Morgan fingerprint density at radius 1 is 0.333 bits per heavy atom. The molecule has 2 N–H and O–H groups in total. The first-order valence-corrected chi connectivity index (χ1v) is 26.6. The zero-order chi connectivity index (χ0) is 41.4. The second-order valence-electron chi connectivity index (χ2n) is 18.5. The molecule has 340 valence electrons. The Hall–Kier alpha value is -0.900. The smallest absolute Gasteiger partial charge is 0.220 e. The lowest BCUT2D eigenvalue weighted by Gasteiger charge is -2.16. The first kappa shape index (κ1) is 56.1. The molecule has 0 heterocycles. The molecule has 4 heteroatoms. The summed E-state index contributed by atoms with van der Waals surface area (Å²) in [5, 5.41) is 12.8.